The first kappa shape index (κ1) is 10.3. The number of hydrogen-bond acceptors (Lipinski definition) is 2. The zero-order chi connectivity index (χ0) is 11.0. The fourth-order valence-electron chi connectivity index (χ4n) is 3.33. The molecule has 0 unspecified atom stereocenters. The smallest absolute Gasteiger partial charge is 0.0695 e. The Morgan fingerprint density at radius 3 is 2.88 bits per heavy atom. The summed E-state index contributed by atoms with van der Waals surface area (Å²) >= 11 is 0. The lowest BCUT2D eigenvalue weighted by Crippen LogP contribution is -2.19. The van der Waals surface area contributed by atoms with Crippen LogP contribution in [0.3, 0.4) is 0 Å². The maximum absolute atomic E-state index is 9.40. The van der Waals surface area contributed by atoms with Gasteiger partial charge >= 0.3 is 0 Å². The van der Waals surface area contributed by atoms with Crippen molar-refractivity contribution in [2.75, 3.05) is 13.2 Å². The van der Waals surface area contributed by atoms with E-state index in [0.717, 1.165) is 19.4 Å². The van der Waals surface area contributed by atoms with E-state index in [9.17, 15) is 5.11 Å². The van der Waals surface area contributed by atoms with Crippen molar-refractivity contribution in [2.45, 2.75) is 25.4 Å². The average molecular weight is 218 g/mol. The van der Waals surface area contributed by atoms with Crippen LogP contribution in [-0.4, -0.2) is 24.4 Å². The molecule has 1 aromatic rings. The molecule has 1 heterocycles. The van der Waals surface area contributed by atoms with E-state index < -0.39 is 0 Å². The minimum Gasteiger partial charge on any atom is -0.396 e. The second kappa shape index (κ2) is 3.86. The SMILES string of the molecule is OC[C@@H]1[C@H]2OCCC[C@@]12Cc1ccccc1. The molecule has 0 radical (unpaired) electrons. The van der Waals surface area contributed by atoms with Gasteiger partial charge in [-0.3, -0.25) is 0 Å². The lowest BCUT2D eigenvalue weighted by atomic mass is 9.88. The van der Waals surface area contributed by atoms with E-state index in [2.05, 4.69) is 24.3 Å². The Labute approximate surface area is 96.2 Å². The lowest BCUT2D eigenvalue weighted by molar-refractivity contribution is 0.0472. The van der Waals surface area contributed by atoms with Crippen molar-refractivity contribution >= 4 is 0 Å². The van der Waals surface area contributed by atoms with Gasteiger partial charge < -0.3 is 9.84 Å². The third-order valence-corrected chi connectivity index (χ3v) is 4.22. The molecule has 3 atom stereocenters. The molecule has 2 aliphatic rings. The molecule has 16 heavy (non-hydrogen) atoms. The third-order valence-electron chi connectivity index (χ3n) is 4.22. The van der Waals surface area contributed by atoms with Crippen molar-refractivity contribution in [2.24, 2.45) is 11.3 Å². The summed E-state index contributed by atoms with van der Waals surface area (Å²) in [6.45, 7) is 1.15. The second-order valence-corrected chi connectivity index (χ2v) is 5.08. The quantitative estimate of drug-likeness (QED) is 0.841. The van der Waals surface area contributed by atoms with Crippen molar-refractivity contribution in [3.05, 3.63) is 35.9 Å². The van der Waals surface area contributed by atoms with E-state index in [1.54, 1.807) is 0 Å². The van der Waals surface area contributed by atoms with Gasteiger partial charge in [-0.15, -0.1) is 0 Å². The maximum atomic E-state index is 9.40. The Morgan fingerprint density at radius 1 is 1.31 bits per heavy atom. The topological polar surface area (TPSA) is 29.5 Å². The van der Waals surface area contributed by atoms with Gasteiger partial charge in [0.1, 0.15) is 0 Å². The molecule has 0 aromatic heterocycles. The molecule has 0 amide bonds. The van der Waals surface area contributed by atoms with E-state index in [-0.39, 0.29) is 12.0 Å². The van der Waals surface area contributed by atoms with Gasteiger partial charge in [-0.1, -0.05) is 30.3 Å². The predicted molar refractivity (Wildman–Crippen MR) is 62.1 cm³/mol. The van der Waals surface area contributed by atoms with Crippen LogP contribution in [0.1, 0.15) is 18.4 Å². The van der Waals surface area contributed by atoms with E-state index in [1.165, 1.54) is 12.0 Å². The van der Waals surface area contributed by atoms with E-state index in [1.807, 2.05) is 6.07 Å². The number of ether oxygens (including phenoxy) is 1. The number of aliphatic hydroxyl groups excluding tert-OH is 1. The molecule has 1 saturated heterocycles. The van der Waals surface area contributed by atoms with E-state index in [0.29, 0.717) is 12.0 Å². The minimum absolute atomic E-state index is 0.244. The highest BCUT2D eigenvalue weighted by molar-refractivity contribution is 5.24. The molecule has 2 heteroatoms. The molecule has 2 fully saturated rings. The highest BCUT2D eigenvalue weighted by Crippen LogP contribution is 2.61. The van der Waals surface area contributed by atoms with Crippen LogP contribution in [0.15, 0.2) is 30.3 Å². The molecule has 1 aliphatic heterocycles. The van der Waals surface area contributed by atoms with Gasteiger partial charge in [0.15, 0.2) is 0 Å². The summed E-state index contributed by atoms with van der Waals surface area (Å²) in [6.07, 6.45) is 3.72. The van der Waals surface area contributed by atoms with E-state index >= 15 is 0 Å². The number of aliphatic hydroxyl groups is 1. The van der Waals surface area contributed by atoms with Crippen molar-refractivity contribution in [1.82, 2.24) is 0 Å². The molecule has 3 rings (SSSR count). The Balaban J connectivity index is 1.78. The fraction of sp³-hybridized carbons (Fsp3) is 0.571. The van der Waals surface area contributed by atoms with Crippen LogP contribution >= 0.6 is 0 Å². The highest BCUT2D eigenvalue weighted by atomic mass is 16.5. The Morgan fingerprint density at radius 2 is 2.12 bits per heavy atom. The van der Waals surface area contributed by atoms with E-state index in [4.69, 9.17) is 4.74 Å². The summed E-state index contributed by atoms with van der Waals surface area (Å²) in [5.41, 5.74) is 1.61. The summed E-state index contributed by atoms with van der Waals surface area (Å²) in [7, 11) is 0. The summed E-state index contributed by atoms with van der Waals surface area (Å²) in [6, 6.07) is 10.6. The molecule has 1 aromatic carbocycles. The van der Waals surface area contributed by atoms with Crippen LogP contribution in [0.5, 0.6) is 0 Å². The van der Waals surface area contributed by atoms with Crippen LogP contribution < -0.4 is 0 Å². The van der Waals surface area contributed by atoms with Crippen molar-refractivity contribution in [3.8, 4) is 0 Å². The van der Waals surface area contributed by atoms with Crippen LogP contribution in [-0.2, 0) is 11.2 Å². The molecule has 1 aliphatic carbocycles. The first-order valence-corrected chi connectivity index (χ1v) is 6.13. The largest absolute Gasteiger partial charge is 0.396 e. The molecule has 0 bridgehead atoms. The van der Waals surface area contributed by atoms with Crippen LogP contribution in [0.2, 0.25) is 0 Å². The molecule has 2 nitrogen and oxygen atoms in total. The number of benzene rings is 1. The predicted octanol–water partition coefficient (Wildman–Crippen LogP) is 2.02. The zero-order valence-corrected chi connectivity index (χ0v) is 9.43. The zero-order valence-electron chi connectivity index (χ0n) is 9.43. The third kappa shape index (κ3) is 1.48. The second-order valence-electron chi connectivity index (χ2n) is 5.08. The Kier molecular flexibility index (Phi) is 2.49. The summed E-state index contributed by atoms with van der Waals surface area (Å²) in [4.78, 5) is 0. The minimum atomic E-state index is 0.244. The summed E-state index contributed by atoms with van der Waals surface area (Å²) in [5.74, 6) is 0.371. The summed E-state index contributed by atoms with van der Waals surface area (Å²) < 4.78 is 5.77. The highest BCUT2D eigenvalue weighted by Gasteiger charge is 2.65. The molecule has 86 valence electrons. The van der Waals surface area contributed by atoms with Crippen LogP contribution in [0.4, 0.5) is 0 Å². The molecule has 1 saturated carbocycles. The Bertz CT molecular complexity index is 356. The monoisotopic (exact) mass is 218 g/mol. The summed E-state index contributed by atoms with van der Waals surface area (Å²) in [5, 5.41) is 9.40. The molecular formula is C14H18O2. The van der Waals surface area contributed by atoms with Crippen molar-refractivity contribution in [3.63, 3.8) is 0 Å². The first-order chi connectivity index (χ1) is 7.87. The van der Waals surface area contributed by atoms with Gasteiger partial charge in [-0.25, -0.2) is 0 Å². The average Bonchev–Trinajstić information content (AvgIpc) is 2.97. The first-order valence-electron chi connectivity index (χ1n) is 6.13. The van der Waals surface area contributed by atoms with Gasteiger partial charge in [-0.05, 0) is 24.8 Å². The van der Waals surface area contributed by atoms with Crippen molar-refractivity contribution < 1.29 is 9.84 Å². The standard InChI is InChI=1S/C14H18O2/c15-10-12-13-14(12,7-4-8-16-13)9-11-5-2-1-3-6-11/h1-3,5-6,12-13,15H,4,7-10H2/t12-,13-,14-/m1/s1. The van der Waals surface area contributed by atoms with Gasteiger partial charge in [0.05, 0.1) is 6.10 Å². The molecular weight excluding hydrogens is 200 g/mol. The molecule has 0 spiro atoms. The number of rotatable bonds is 3. The fourth-order valence-corrected chi connectivity index (χ4v) is 3.33. The lowest BCUT2D eigenvalue weighted by Gasteiger charge is -2.22. The van der Waals surface area contributed by atoms with Gasteiger partial charge in [-0.2, -0.15) is 0 Å². The maximum Gasteiger partial charge on any atom is 0.0695 e. The van der Waals surface area contributed by atoms with Crippen LogP contribution in [0.25, 0.3) is 0 Å². The number of fused-ring (bicyclic) bond motifs is 1. The van der Waals surface area contributed by atoms with Gasteiger partial charge in [0.2, 0.25) is 0 Å². The van der Waals surface area contributed by atoms with Gasteiger partial charge in [0.25, 0.3) is 0 Å². The van der Waals surface area contributed by atoms with Crippen molar-refractivity contribution in [1.29, 1.82) is 0 Å². The number of hydrogen-bond donors (Lipinski definition) is 1. The van der Waals surface area contributed by atoms with Crippen LogP contribution in [0, 0.1) is 11.3 Å². The normalized spacial score (nSPS) is 36.8. The van der Waals surface area contributed by atoms with Gasteiger partial charge in [0, 0.05) is 24.5 Å². The Hall–Kier alpha value is -0.860. The molecule has 1 N–H and O–H groups in total.